The van der Waals surface area contributed by atoms with E-state index in [-0.39, 0.29) is 42.3 Å². The Morgan fingerprint density at radius 2 is 2.22 bits per heavy atom. The first kappa shape index (κ1) is 20.9. The molecule has 1 aliphatic carbocycles. The predicted octanol–water partition coefficient (Wildman–Crippen LogP) is 1.64. The molecule has 1 aromatic heterocycles. The zero-order chi connectivity index (χ0) is 22.2. The maximum absolute atomic E-state index is 12.3. The molecule has 11 heteroatoms. The largest absolute Gasteiger partial charge is 0.465 e. The molecule has 5 rings (SSSR count). The molecule has 0 radical (unpaired) electrons. The minimum Gasteiger partial charge on any atom is -0.465 e. The van der Waals surface area contributed by atoms with Crippen molar-refractivity contribution in [3.05, 3.63) is 40.5 Å². The van der Waals surface area contributed by atoms with Crippen LogP contribution < -0.4 is 26.0 Å². The van der Waals surface area contributed by atoms with Crippen molar-refractivity contribution in [3.8, 4) is 5.88 Å². The molecular weight excluding hydrogens is 436 g/mol. The molecule has 1 saturated heterocycles. The van der Waals surface area contributed by atoms with Crippen LogP contribution in [0.2, 0.25) is 5.02 Å². The molecule has 1 unspecified atom stereocenters. The van der Waals surface area contributed by atoms with Crippen LogP contribution in [0.25, 0.3) is 0 Å². The predicted molar refractivity (Wildman–Crippen MR) is 117 cm³/mol. The third kappa shape index (κ3) is 3.96. The van der Waals surface area contributed by atoms with Crippen molar-refractivity contribution in [2.75, 3.05) is 36.5 Å². The van der Waals surface area contributed by atoms with E-state index in [1.54, 1.807) is 0 Å². The van der Waals surface area contributed by atoms with E-state index >= 15 is 0 Å². The molecule has 32 heavy (non-hydrogen) atoms. The summed E-state index contributed by atoms with van der Waals surface area (Å²) in [6.45, 7) is 1.69. The van der Waals surface area contributed by atoms with Crippen molar-refractivity contribution >= 4 is 35.2 Å². The summed E-state index contributed by atoms with van der Waals surface area (Å²) < 4.78 is 10.7. The van der Waals surface area contributed by atoms with Crippen molar-refractivity contribution in [2.45, 2.75) is 25.0 Å². The molecule has 0 saturated carbocycles. The molecule has 3 atom stereocenters. The van der Waals surface area contributed by atoms with Crippen LogP contribution in [-0.2, 0) is 16.0 Å². The molecule has 2 amide bonds. The fourth-order valence-corrected chi connectivity index (χ4v) is 4.60. The third-order valence-electron chi connectivity index (χ3n) is 6.01. The number of carbonyl (C=O) groups is 2. The van der Waals surface area contributed by atoms with Crippen molar-refractivity contribution in [1.82, 2.24) is 15.3 Å². The molecule has 0 spiro atoms. The number of amides is 2. The van der Waals surface area contributed by atoms with Gasteiger partial charge in [0.05, 0.1) is 12.7 Å². The van der Waals surface area contributed by atoms with Crippen LogP contribution in [-0.4, -0.2) is 54.3 Å². The van der Waals surface area contributed by atoms with Crippen LogP contribution in [0.3, 0.4) is 0 Å². The molecule has 10 nitrogen and oxygen atoms in total. The highest BCUT2D eigenvalue weighted by atomic mass is 35.5. The number of halogens is 1. The summed E-state index contributed by atoms with van der Waals surface area (Å²) in [4.78, 5) is 33.6. The number of nitrogens with one attached hydrogen (secondary N) is 2. The molecule has 0 bridgehead atoms. The van der Waals surface area contributed by atoms with Crippen LogP contribution in [0.5, 0.6) is 5.88 Å². The van der Waals surface area contributed by atoms with Gasteiger partial charge < -0.3 is 25.8 Å². The van der Waals surface area contributed by atoms with Crippen molar-refractivity contribution < 1.29 is 19.1 Å². The molecule has 1 aromatic carbocycles. The van der Waals surface area contributed by atoms with E-state index in [0.717, 1.165) is 29.1 Å². The third-order valence-corrected chi connectivity index (χ3v) is 6.37. The SMILES string of the molecule is NC1c2cccc(Cl)c2C[C@H]1CNCC[C@@H]1CN(c2cnc3c(n2)NC(=O)CO3)C(=O)O1. The number of carbonyl (C=O) groups excluding carboxylic acids is 2. The zero-order valence-corrected chi connectivity index (χ0v) is 18.0. The second kappa shape index (κ2) is 8.53. The summed E-state index contributed by atoms with van der Waals surface area (Å²) >= 11 is 6.31. The highest BCUT2D eigenvalue weighted by molar-refractivity contribution is 6.31. The van der Waals surface area contributed by atoms with Gasteiger partial charge in [-0.05, 0) is 42.5 Å². The average molecular weight is 459 g/mol. The number of ether oxygens (including phenoxy) is 2. The van der Waals surface area contributed by atoms with Crippen molar-refractivity contribution in [3.63, 3.8) is 0 Å². The summed E-state index contributed by atoms with van der Waals surface area (Å²) in [7, 11) is 0. The first-order chi connectivity index (χ1) is 15.5. The number of hydrogen-bond acceptors (Lipinski definition) is 8. The molecule has 1 fully saturated rings. The number of rotatable bonds is 6. The lowest BCUT2D eigenvalue weighted by atomic mass is 10.0. The van der Waals surface area contributed by atoms with Gasteiger partial charge in [-0.25, -0.2) is 14.8 Å². The van der Waals surface area contributed by atoms with Gasteiger partial charge in [-0.15, -0.1) is 0 Å². The van der Waals surface area contributed by atoms with Crippen LogP contribution in [0, 0.1) is 5.92 Å². The highest BCUT2D eigenvalue weighted by Gasteiger charge is 2.35. The second-order valence-corrected chi connectivity index (χ2v) is 8.53. The van der Waals surface area contributed by atoms with E-state index in [9.17, 15) is 9.59 Å². The van der Waals surface area contributed by atoms with Crippen LogP contribution in [0.15, 0.2) is 24.4 Å². The lowest BCUT2D eigenvalue weighted by molar-refractivity contribution is -0.118. The minimum atomic E-state index is -0.491. The van der Waals surface area contributed by atoms with Gasteiger partial charge in [-0.3, -0.25) is 9.69 Å². The summed E-state index contributed by atoms with van der Waals surface area (Å²) in [5.74, 6) is 0.697. The van der Waals surface area contributed by atoms with Gasteiger partial charge >= 0.3 is 6.09 Å². The van der Waals surface area contributed by atoms with Gasteiger partial charge in [0.15, 0.2) is 18.2 Å². The van der Waals surface area contributed by atoms with Gasteiger partial charge in [0.25, 0.3) is 11.8 Å². The fourth-order valence-electron chi connectivity index (χ4n) is 4.34. The van der Waals surface area contributed by atoms with Gasteiger partial charge in [0.2, 0.25) is 0 Å². The van der Waals surface area contributed by atoms with Crippen LogP contribution in [0.1, 0.15) is 23.6 Å². The Morgan fingerprint density at radius 3 is 3.06 bits per heavy atom. The topological polar surface area (TPSA) is 132 Å². The van der Waals surface area contributed by atoms with Crippen LogP contribution >= 0.6 is 11.6 Å². The first-order valence-electron chi connectivity index (χ1n) is 10.5. The van der Waals surface area contributed by atoms with Gasteiger partial charge in [0, 0.05) is 17.6 Å². The highest BCUT2D eigenvalue weighted by Crippen LogP contribution is 2.37. The molecule has 2 aliphatic heterocycles. The molecule has 2 aromatic rings. The monoisotopic (exact) mass is 458 g/mol. The van der Waals surface area contributed by atoms with Gasteiger partial charge in [-0.1, -0.05) is 23.7 Å². The maximum Gasteiger partial charge on any atom is 0.415 e. The van der Waals surface area contributed by atoms with E-state index in [2.05, 4.69) is 20.6 Å². The molecule has 168 valence electrons. The Balaban J connectivity index is 1.12. The first-order valence-corrected chi connectivity index (χ1v) is 10.9. The normalized spacial score (nSPS) is 23.9. The van der Waals surface area contributed by atoms with E-state index in [0.29, 0.717) is 25.3 Å². The van der Waals surface area contributed by atoms with E-state index in [1.807, 2.05) is 18.2 Å². The van der Waals surface area contributed by atoms with E-state index in [4.69, 9.17) is 26.8 Å². The standard InChI is InChI=1S/C21H23ClN6O4/c22-15-3-1-2-13-14(15)6-11(18(13)23)7-24-5-4-12-9-28(21(30)32-12)16-8-25-20-19(26-16)27-17(29)10-31-20/h1-3,8,11-12,18,24H,4-7,9-10,23H2,(H,26,27,29)/t11-,12+,18?/m0/s1. The number of nitrogens with zero attached hydrogens (tertiary/aromatic N) is 3. The number of fused-ring (bicyclic) bond motifs is 2. The smallest absolute Gasteiger partial charge is 0.415 e. The van der Waals surface area contributed by atoms with Gasteiger partial charge in [0.1, 0.15) is 6.10 Å². The average Bonchev–Trinajstić information content (AvgIpc) is 3.31. The van der Waals surface area contributed by atoms with E-state index < -0.39 is 6.09 Å². The molecule has 3 aliphatic rings. The quantitative estimate of drug-likeness (QED) is 0.556. The lowest BCUT2D eigenvalue weighted by Gasteiger charge is -2.18. The van der Waals surface area contributed by atoms with Crippen molar-refractivity contribution in [1.29, 1.82) is 0 Å². The molecule has 4 N–H and O–H groups in total. The van der Waals surface area contributed by atoms with Crippen LogP contribution in [0.4, 0.5) is 16.4 Å². The Bertz CT molecular complexity index is 1070. The number of hydrogen-bond donors (Lipinski definition) is 3. The Labute approximate surface area is 189 Å². The van der Waals surface area contributed by atoms with Crippen molar-refractivity contribution in [2.24, 2.45) is 11.7 Å². The maximum atomic E-state index is 12.3. The number of benzene rings is 1. The summed E-state index contributed by atoms with van der Waals surface area (Å²) in [6, 6.07) is 5.84. The second-order valence-electron chi connectivity index (χ2n) is 8.13. The minimum absolute atomic E-state index is 0.0388. The number of cyclic esters (lactones) is 1. The number of anilines is 2. The summed E-state index contributed by atoms with van der Waals surface area (Å²) in [6.07, 6.45) is 2.17. The lowest BCUT2D eigenvalue weighted by Crippen LogP contribution is -2.32. The number of aromatic nitrogens is 2. The molecule has 3 heterocycles. The zero-order valence-electron chi connectivity index (χ0n) is 17.2. The Hall–Kier alpha value is -2.95. The molecular formula is C21H23ClN6O4. The fraction of sp³-hybridized carbons (Fsp3) is 0.429. The Kier molecular flexibility index (Phi) is 5.58. The number of nitrogens with two attached hydrogens (primary N) is 1. The van der Waals surface area contributed by atoms with E-state index in [1.165, 1.54) is 11.1 Å². The summed E-state index contributed by atoms with van der Waals surface area (Å²) in [5.41, 5.74) is 8.66. The Morgan fingerprint density at radius 1 is 1.34 bits per heavy atom. The summed E-state index contributed by atoms with van der Waals surface area (Å²) in [5, 5.41) is 6.79. The van der Waals surface area contributed by atoms with Gasteiger partial charge in [-0.2, -0.15) is 0 Å².